The predicted octanol–water partition coefficient (Wildman–Crippen LogP) is 7.55. The molecule has 0 spiro atoms. The van der Waals surface area contributed by atoms with Crippen LogP contribution < -0.4 is 0 Å². The van der Waals surface area contributed by atoms with Crippen LogP contribution in [0.5, 0.6) is 0 Å². The van der Waals surface area contributed by atoms with Crippen molar-refractivity contribution in [1.29, 1.82) is 0 Å². The molecule has 2 nitrogen and oxygen atoms in total. The second-order valence-electron chi connectivity index (χ2n) is 6.37. The van der Waals surface area contributed by atoms with E-state index in [0.717, 1.165) is 32.2 Å². The monoisotopic (exact) mass is 442 g/mol. The van der Waals surface area contributed by atoms with Crippen molar-refractivity contribution in [2.45, 2.75) is 77.6 Å². The molecule has 128 valence electrons. The van der Waals surface area contributed by atoms with Gasteiger partial charge in [-0.25, -0.2) is 4.98 Å². The fourth-order valence-corrected chi connectivity index (χ4v) is 3.81. The second kappa shape index (κ2) is 10.5. The smallest absolute Gasteiger partial charge is 0.107 e. The van der Waals surface area contributed by atoms with E-state index < -0.39 is 0 Å². The Morgan fingerprint density at radius 2 is 1.39 bits per heavy atom. The third kappa shape index (κ3) is 6.22. The molecule has 23 heavy (non-hydrogen) atoms. The molecule has 0 bridgehead atoms. The van der Waals surface area contributed by atoms with Gasteiger partial charge in [0, 0.05) is 15.4 Å². The van der Waals surface area contributed by atoms with Crippen LogP contribution in [0.1, 0.15) is 77.0 Å². The molecule has 0 aliphatic carbocycles. The fourth-order valence-electron chi connectivity index (χ4n) is 2.97. The lowest BCUT2D eigenvalue weighted by Crippen LogP contribution is -1.89. The summed E-state index contributed by atoms with van der Waals surface area (Å²) in [6.45, 7) is 2.28. The molecule has 0 saturated heterocycles. The molecular weight excluding hydrogens is 416 g/mol. The number of aromatic amines is 1. The molecule has 1 N–H and O–H groups in total. The number of rotatable bonds is 11. The minimum atomic E-state index is 1.03. The summed E-state index contributed by atoms with van der Waals surface area (Å²) in [6.07, 6.45) is 14.8. The molecule has 4 heteroatoms. The lowest BCUT2D eigenvalue weighted by molar-refractivity contribution is 0.554. The van der Waals surface area contributed by atoms with Gasteiger partial charge in [-0.2, -0.15) is 0 Å². The number of imidazole rings is 1. The highest BCUT2D eigenvalue weighted by Gasteiger charge is 2.08. The first-order valence-electron chi connectivity index (χ1n) is 9.05. The molecule has 2 rings (SSSR count). The number of hydrogen-bond donors (Lipinski definition) is 1. The van der Waals surface area contributed by atoms with Crippen LogP contribution in [0.2, 0.25) is 0 Å². The van der Waals surface area contributed by atoms with E-state index in [4.69, 9.17) is 4.98 Å². The number of H-pyrrole nitrogens is 1. The first-order valence-corrected chi connectivity index (χ1v) is 10.6. The standard InChI is InChI=1S/C19H28Br2N2/c1-2-3-4-5-6-7-8-9-10-11-12-17-22-18-15(20)13-14-16(21)19(18)23-17/h13-14H,2-12H2,1H3,(H,22,23). The Morgan fingerprint density at radius 1 is 0.826 bits per heavy atom. The van der Waals surface area contributed by atoms with E-state index in [1.807, 2.05) is 6.07 Å². The van der Waals surface area contributed by atoms with Gasteiger partial charge in [0.05, 0.1) is 5.52 Å². The zero-order chi connectivity index (χ0) is 16.5. The molecular formula is C19H28Br2N2. The Kier molecular flexibility index (Phi) is 8.67. The number of hydrogen-bond acceptors (Lipinski definition) is 1. The van der Waals surface area contributed by atoms with Crippen molar-refractivity contribution >= 4 is 42.9 Å². The van der Waals surface area contributed by atoms with Gasteiger partial charge in [-0.15, -0.1) is 0 Å². The number of aryl methyl sites for hydroxylation is 1. The third-order valence-corrected chi connectivity index (χ3v) is 5.66. The summed E-state index contributed by atoms with van der Waals surface area (Å²) in [4.78, 5) is 8.16. The van der Waals surface area contributed by atoms with E-state index in [1.165, 1.54) is 64.2 Å². The Morgan fingerprint density at radius 3 is 2.00 bits per heavy atom. The summed E-state index contributed by atoms with van der Waals surface area (Å²) in [5, 5.41) is 0. The number of nitrogens with one attached hydrogen (secondary N) is 1. The Labute approximate surface area is 157 Å². The highest BCUT2D eigenvalue weighted by molar-refractivity contribution is 9.11. The number of nitrogens with zero attached hydrogens (tertiary/aromatic N) is 1. The van der Waals surface area contributed by atoms with Gasteiger partial charge in [-0.1, -0.05) is 64.7 Å². The van der Waals surface area contributed by atoms with Crippen LogP contribution in [-0.2, 0) is 6.42 Å². The van der Waals surface area contributed by atoms with Crippen LogP contribution >= 0.6 is 31.9 Å². The molecule has 0 fully saturated rings. The largest absolute Gasteiger partial charge is 0.341 e. The highest BCUT2D eigenvalue weighted by atomic mass is 79.9. The number of aromatic nitrogens is 2. The zero-order valence-corrected chi connectivity index (χ0v) is 17.3. The van der Waals surface area contributed by atoms with Crippen molar-refractivity contribution < 1.29 is 0 Å². The van der Waals surface area contributed by atoms with Gasteiger partial charge in [0.25, 0.3) is 0 Å². The van der Waals surface area contributed by atoms with Gasteiger partial charge >= 0.3 is 0 Å². The minimum Gasteiger partial charge on any atom is -0.341 e. The number of unbranched alkanes of at least 4 members (excludes halogenated alkanes) is 9. The van der Waals surface area contributed by atoms with Crippen LogP contribution in [0.4, 0.5) is 0 Å². The summed E-state index contributed by atoms with van der Waals surface area (Å²) in [6, 6.07) is 4.09. The quantitative estimate of drug-likeness (QED) is 0.356. The maximum absolute atomic E-state index is 4.72. The molecule has 0 radical (unpaired) electrons. The highest BCUT2D eigenvalue weighted by Crippen LogP contribution is 2.28. The Balaban J connectivity index is 1.62. The maximum atomic E-state index is 4.72. The second-order valence-corrected chi connectivity index (χ2v) is 8.08. The van der Waals surface area contributed by atoms with Crippen molar-refractivity contribution in [2.75, 3.05) is 0 Å². The third-order valence-electron chi connectivity index (χ3n) is 4.36. The normalized spacial score (nSPS) is 11.4. The minimum absolute atomic E-state index is 1.03. The number of halogens is 2. The average Bonchev–Trinajstić information content (AvgIpc) is 2.98. The average molecular weight is 444 g/mol. The van der Waals surface area contributed by atoms with Gasteiger partial charge < -0.3 is 4.98 Å². The summed E-state index contributed by atoms with van der Waals surface area (Å²) in [5.74, 6) is 1.10. The van der Waals surface area contributed by atoms with Gasteiger partial charge in [0.2, 0.25) is 0 Å². The van der Waals surface area contributed by atoms with Gasteiger partial charge in [0.15, 0.2) is 0 Å². The molecule has 2 aromatic rings. The Bertz CT molecular complexity index is 553. The van der Waals surface area contributed by atoms with Gasteiger partial charge in [-0.3, -0.25) is 0 Å². The lowest BCUT2D eigenvalue weighted by Gasteiger charge is -2.01. The van der Waals surface area contributed by atoms with Crippen LogP contribution in [0.3, 0.4) is 0 Å². The van der Waals surface area contributed by atoms with E-state index in [0.29, 0.717) is 0 Å². The SMILES string of the molecule is CCCCCCCCCCCCc1nc2c(Br)ccc(Br)c2[nH]1. The fraction of sp³-hybridized carbons (Fsp3) is 0.632. The van der Waals surface area contributed by atoms with E-state index in [2.05, 4.69) is 49.8 Å². The van der Waals surface area contributed by atoms with Crippen LogP contribution in [0, 0.1) is 0 Å². The maximum Gasteiger partial charge on any atom is 0.107 e. The summed E-state index contributed by atoms with van der Waals surface area (Å²) in [5.41, 5.74) is 2.13. The molecule has 0 atom stereocenters. The van der Waals surface area contributed by atoms with E-state index in [-0.39, 0.29) is 0 Å². The van der Waals surface area contributed by atoms with Crippen molar-refractivity contribution in [1.82, 2.24) is 9.97 Å². The molecule has 1 aromatic carbocycles. The van der Waals surface area contributed by atoms with Crippen LogP contribution in [-0.4, -0.2) is 9.97 Å². The number of benzene rings is 1. The molecule has 0 unspecified atom stereocenters. The van der Waals surface area contributed by atoms with E-state index in [9.17, 15) is 0 Å². The molecule has 0 amide bonds. The van der Waals surface area contributed by atoms with Crippen molar-refractivity contribution in [3.63, 3.8) is 0 Å². The first kappa shape index (κ1) is 19.0. The summed E-state index contributed by atoms with van der Waals surface area (Å²) < 4.78 is 2.14. The predicted molar refractivity (Wildman–Crippen MR) is 107 cm³/mol. The van der Waals surface area contributed by atoms with Crippen molar-refractivity contribution in [3.8, 4) is 0 Å². The van der Waals surface area contributed by atoms with E-state index >= 15 is 0 Å². The Hall–Kier alpha value is -0.350. The van der Waals surface area contributed by atoms with Crippen molar-refractivity contribution in [2.24, 2.45) is 0 Å². The molecule has 1 heterocycles. The number of fused-ring (bicyclic) bond motifs is 1. The molecule has 1 aromatic heterocycles. The zero-order valence-electron chi connectivity index (χ0n) is 14.1. The van der Waals surface area contributed by atoms with E-state index in [1.54, 1.807) is 0 Å². The molecule has 0 aliphatic heterocycles. The van der Waals surface area contributed by atoms with Crippen molar-refractivity contribution in [3.05, 3.63) is 26.9 Å². The topological polar surface area (TPSA) is 28.7 Å². The van der Waals surface area contributed by atoms with Crippen LogP contribution in [0.25, 0.3) is 11.0 Å². The summed E-state index contributed by atoms with van der Waals surface area (Å²) >= 11 is 7.16. The first-order chi connectivity index (χ1) is 11.2. The van der Waals surface area contributed by atoms with Gasteiger partial charge in [-0.05, 0) is 50.4 Å². The van der Waals surface area contributed by atoms with Crippen LogP contribution in [0.15, 0.2) is 21.1 Å². The summed E-state index contributed by atoms with van der Waals surface area (Å²) in [7, 11) is 0. The molecule has 0 saturated carbocycles. The molecule has 0 aliphatic rings. The van der Waals surface area contributed by atoms with Gasteiger partial charge in [0.1, 0.15) is 11.3 Å². The lowest BCUT2D eigenvalue weighted by atomic mass is 10.1.